The number of nitrogens with one attached hydrogen (secondary N) is 1. The number of hydrogen-bond donors (Lipinski definition) is 2. The molecule has 104 valence electrons. The maximum Gasteiger partial charge on any atom is 0.317 e. The highest BCUT2D eigenvalue weighted by atomic mass is 32.1. The van der Waals surface area contributed by atoms with Gasteiger partial charge in [-0.25, -0.2) is 9.78 Å². The van der Waals surface area contributed by atoms with Gasteiger partial charge in [0.05, 0.1) is 10.9 Å². The van der Waals surface area contributed by atoms with Crippen molar-refractivity contribution < 1.29 is 14.7 Å². The normalized spacial score (nSPS) is 20.3. The first-order valence-corrected chi connectivity index (χ1v) is 7.11. The van der Waals surface area contributed by atoms with Gasteiger partial charge in [0, 0.05) is 37.1 Å². The Bertz CT molecular complexity index is 449. The molecule has 0 spiro atoms. The fraction of sp³-hybridized carbons (Fsp3) is 0.583. The summed E-state index contributed by atoms with van der Waals surface area (Å²) in [6.45, 7) is 3.32. The molecule has 1 aliphatic heterocycles. The molecule has 0 aromatic carbocycles. The molecule has 1 fully saturated rings. The van der Waals surface area contributed by atoms with Crippen LogP contribution in [-0.4, -0.2) is 46.6 Å². The van der Waals surface area contributed by atoms with Crippen molar-refractivity contribution in [2.24, 2.45) is 5.92 Å². The monoisotopic (exact) mass is 283 g/mol. The van der Waals surface area contributed by atoms with Crippen molar-refractivity contribution in [1.82, 2.24) is 15.2 Å². The van der Waals surface area contributed by atoms with Crippen LogP contribution in [0.3, 0.4) is 0 Å². The molecule has 2 N–H and O–H groups in total. The Morgan fingerprint density at radius 2 is 2.47 bits per heavy atom. The number of likely N-dealkylation sites (tertiary alicyclic amines) is 1. The summed E-state index contributed by atoms with van der Waals surface area (Å²) in [5.74, 6) is -1.09. The van der Waals surface area contributed by atoms with E-state index in [0.29, 0.717) is 26.1 Å². The fourth-order valence-corrected chi connectivity index (χ4v) is 2.76. The van der Waals surface area contributed by atoms with Gasteiger partial charge >= 0.3 is 12.0 Å². The topological polar surface area (TPSA) is 82.5 Å². The highest BCUT2D eigenvalue weighted by Gasteiger charge is 2.30. The van der Waals surface area contributed by atoms with E-state index in [1.807, 2.05) is 12.3 Å². The average Bonchev–Trinajstić information content (AvgIpc) is 3.05. The molecule has 0 radical (unpaired) electrons. The van der Waals surface area contributed by atoms with Gasteiger partial charge in [0.15, 0.2) is 0 Å². The molecule has 0 aliphatic carbocycles. The van der Waals surface area contributed by atoms with Crippen molar-refractivity contribution in [3.05, 3.63) is 16.6 Å². The van der Waals surface area contributed by atoms with Gasteiger partial charge in [0.25, 0.3) is 0 Å². The molecule has 2 unspecified atom stereocenters. The van der Waals surface area contributed by atoms with E-state index in [1.165, 1.54) is 0 Å². The molecular weight excluding hydrogens is 266 g/mol. The number of urea groups is 1. The maximum absolute atomic E-state index is 11.9. The summed E-state index contributed by atoms with van der Waals surface area (Å²) in [7, 11) is 0. The average molecular weight is 283 g/mol. The molecule has 1 saturated heterocycles. The minimum Gasteiger partial charge on any atom is -0.481 e. The van der Waals surface area contributed by atoms with E-state index in [4.69, 9.17) is 5.11 Å². The standard InChI is InChI=1S/C12H17N3O3S/c1-8(10-13-3-5-19-10)6-14-12(18)15-4-2-9(7-15)11(16)17/h3,5,8-9H,2,4,6-7H2,1H3,(H,14,18)(H,16,17). The van der Waals surface area contributed by atoms with Gasteiger partial charge in [-0.05, 0) is 6.42 Å². The van der Waals surface area contributed by atoms with Crippen molar-refractivity contribution in [2.75, 3.05) is 19.6 Å². The molecule has 1 aliphatic rings. The molecule has 2 rings (SSSR count). The molecule has 19 heavy (non-hydrogen) atoms. The zero-order chi connectivity index (χ0) is 13.8. The van der Waals surface area contributed by atoms with E-state index in [9.17, 15) is 9.59 Å². The number of aromatic nitrogens is 1. The fourth-order valence-electron chi connectivity index (χ4n) is 2.06. The summed E-state index contributed by atoms with van der Waals surface area (Å²) >= 11 is 1.57. The molecule has 0 bridgehead atoms. The second kappa shape index (κ2) is 6.01. The summed E-state index contributed by atoms with van der Waals surface area (Å²) in [6, 6.07) is -0.188. The van der Waals surface area contributed by atoms with E-state index < -0.39 is 11.9 Å². The Labute approximate surface area is 115 Å². The van der Waals surface area contributed by atoms with Crippen LogP contribution in [0.1, 0.15) is 24.3 Å². The van der Waals surface area contributed by atoms with Crippen LogP contribution in [0.5, 0.6) is 0 Å². The van der Waals surface area contributed by atoms with Gasteiger partial charge in [-0.3, -0.25) is 4.79 Å². The van der Waals surface area contributed by atoms with Gasteiger partial charge in [-0.2, -0.15) is 0 Å². The molecule has 2 amide bonds. The van der Waals surface area contributed by atoms with Gasteiger partial charge in [-0.1, -0.05) is 6.92 Å². The van der Waals surface area contributed by atoms with Gasteiger partial charge in [0.2, 0.25) is 0 Å². The van der Waals surface area contributed by atoms with E-state index in [1.54, 1.807) is 22.4 Å². The van der Waals surface area contributed by atoms with Crippen molar-refractivity contribution in [1.29, 1.82) is 0 Å². The third-order valence-electron chi connectivity index (χ3n) is 3.26. The van der Waals surface area contributed by atoms with Crippen LogP contribution in [0.2, 0.25) is 0 Å². The largest absolute Gasteiger partial charge is 0.481 e. The molecule has 6 nitrogen and oxygen atoms in total. The predicted octanol–water partition coefficient (Wildman–Crippen LogP) is 1.36. The third-order valence-corrected chi connectivity index (χ3v) is 4.26. The number of rotatable bonds is 4. The third kappa shape index (κ3) is 3.44. The lowest BCUT2D eigenvalue weighted by Gasteiger charge is -2.18. The Morgan fingerprint density at radius 1 is 1.68 bits per heavy atom. The second-order valence-electron chi connectivity index (χ2n) is 4.73. The molecule has 1 aromatic heterocycles. The van der Waals surface area contributed by atoms with Crippen LogP contribution < -0.4 is 5.32 Å². The number of amides is 2. The van der Waals surface area contributed by atoms with E-state index >= 15 is 0 Å². The minimum absolute atomic E-state index is 0.168. The maximum atomic E-state index is 11.9. The Hall–Kier alpha value is -1.63. The Balaban J connectivity index is 1.78. The Kier molecular flexibility index (Phi) is 4.36. The first-order chi connectivity index (χ1) is 9.08. The number of hydrogen-bond acceptors (Lipinski definition) is 4. The number of thiazole rings is 1. The zero-order valence-electron chi connectivity index (χ0n) is 10.7. The summed E-state index contributed by atoms with van der Waals surface area (Å²) < 4.78 is 0. The van der Waals surface area contributed by atoms with E-state index in [-0.39, 0.29) is 11.9 Å². The summed E-state index contributed by atoms with van der Waals surface area (Å²) in [5, 5.41) is 14.6. The first-order valence-electron chi connectivity index (χ1n) is 6.23. The zero-order valence-corrected chi connectivity index (χ0v) is 11.5. The highest BCUT2D eigenvalue weighted by Crippen LogP contribution is 2.18. The van der Waals surface area contributed by atoms with Crippen molar-refractivity contribution in [3.63, 3.8) is 0 Å². The van der Waals surface area contributed by atoms with Gasteiger partial charge in [-0.15, -0.1) is 11.3 Å². The second-order valence-corrected chi connectivity index (χ2v) is 5.65. The smallest absolute Gasteiger partial charge is 0.317 e. The van der Waals surface area contributed by atoms with Crippen LogP contribution in [-0.2, 0) is 4.79 Å². The number of carbonyl (C=O) groups is 2. The van der Waals surface area contributed by atoms with E-state index in [0.717, 1.165) is 5.01 Å². The lowest BCUT2D eigenvalue weighted by Crippen LogP contribution is -2.40. The predicted molar refractivity (Wildman–Crippen MR) is 71.2 cm³/mol. The number of nitrogens with zero attached hydrogens (tertiary/aromatic N) is 2. The number of aliphatic carboxylic acids is 1. The van der Waals surface area contributed by atoms with Crippen LogP contribution >= 0.6 is 11.3 Å². The quantitative estimate of drug-likeness (QED) is 0.874. The SMILES string of the molecule is CC(CNC(=O)N1CCC(C(=O)O)C1)c1nccs1. The molecule has 1 aromatic rings. The number of carboxylic acids is 1. The van der Waals surface area contributed by atoms with Crippen LogP contribution in [0.15, 0.2) is 11.6 Å². The van der Waals surface area contributed by atoms with Crippen molar-refractivity contribution in [2.45, 2.75) is 19.3 Å². The molecule has 0 saturated carbocycles. The van der Waals surface area contributed by atoms with Crippen LogP contribution in [0.25, 0.3) is 0 Å². The lowest BCUT2D eigenvalue weighted by molar-refractivity contribution is -0.141. The Morgan fingerprint density at radius 3 is 3.05 bits per heavy atom. The van der Waals surface area contributed by atoms with Gasteiger partial charge < -0.3 is 15.3 Å². The van der Waals surface area contributed by atoms with Gasteiger partial charge in [0.1, 0.15) is 0 Å². The molecule has 7 heteroatoms. The summed E-state index contributed by atoms with van der Waals surface area (Å²) in [6.07, 6.45) is 2.28. The molecular formula is C12H17N3O3S. The lowest BCUT2D eigenvalue weighted by atomic mass is 10.1. The number of carboxylic acid groups (broad SMARTS) is 1. The minimum atomic E-state index is -0.827. The summed E-state index contributed by atoms with van der Waals surface area (Å²) in [4.78, 5) is 28.5. The highest BCUT2D eigenvalue weighted by molar-refractivity contribution is 7.09. The van der Waals surface area contributed by atoms with Crippen LogP contribution in [0.4, 0.5) is 4.79 Å². The van der Waals surface area contributed by atoms with Crippen molar-refractivity contribution in [3.8, 4) is 0 Å². The van der Waals surface area contributed by atoms with Crippen LogP contribution in [0, 0.1) is 5.92 Å². The van der Waals surface area contributed by atoms with Crippen molar-refractivity contribution >= 4 is 23.3 Å². The molecule has 2 atom stereocenters. The first kappa shape index (κ1) is 13.8. The summed E-state index contributed by atoms with van der Waals surface area (Å²) in [5.41, 5.74) is 0. The molecule has 2 heterocycles. The number of carbonyl (C=O) groups excluding carboxylic acids is 1. The van der Waals surface area contributed by atoms with E-state index in [2.05, 4.69) is 10.3 Å².